The average Bonchev–Trinajstić information content (AvgIpc) is 2.18. The second-order valence-corrected chi connectivity index (χ2v) is 3.23. The Hall–Kier alpha value is -1.35. The minimum atomic E-state index is 0.277. The highest BCUT2D eigenvalue weighted by Crippen LogP contribution is 2.21. The number of nitrogens with zero attached hydrogens (tertiary/aromatic N) is 2. The molecule has 0 fully saturated rings. The van der Waals surface area contributed by atoms with E-state index in [0.717, 1.165) is 23.3 Å². The molecule has 0 aliphatic rings. The van der Waals surface area contributed by atoms with Gasteiger partial charge in [0.15, 0.2) is 0 Å². The predicted molar refractivity (Wildman–Crippen MR) is 58.7 cm³/mol. The number of benzene rings is 1. The Kier molecular flexibility index (Phi) is 2.50. The average molecular weight is 208 g/mol. The number of anilines is 1. The summed E-state index contributed by atoms with van der Waals surface area (Å²) in [5.74, 6) is 0.795. The molecule has 0 saturated carbocycles. The van der Waals surface area contributed by atoms with Crippen LogP contribution in [0, 0.1) is 0 Å². The zero-order chi connectivity index (χ0) is 9.97. The Balaban J connectivity index is 2.67. The van der Waals surface area contributed by atoms with E-state index in [0.29, 0.717) is 0 Å². The van der Waals surface area contributed by atoms with Gasteiger partial charge in [-0.05, 0) is 30.7 Å². The number of fused-ring (bicyclic) bond motifs is 1. The van der Waals surface area contributed by atoms with E-state index < -0.39 is 0 Å². The number of aromatic nitrogens is 2. The molecular formula is C10H10ClN3. The van der Waals surface area contributed by atoms with Crippen molar-refractivity contribution in [1.82, 2.24) is 9.97 Å². The van der Waals surface area contributed by atoms with Gasteiger partial charge in [0.2, 0.25) is 5.28 Å². The topological polar surface area (TPSA) is 37.8 Å². The first kappa shape index (κ1) is 9.21. The van der Waals surface area contributed by atoms with Crippen LogP contribution in [0.25, 0.3) is 10.9 Å². The lowest BCUT2D eigenvalue weighted by molar-refractivity contribution is 1.14. The van der Waals surface area contributed by atoms with Crippen LogP contribution in [0.5, 0.6) is 0 Å². The van der Waals surface area contributed by atoms with Gasteiger partial charge in [-0.2, -0.15) is 0 Å². The van der Waals surface area contributed by atoms with Crippen molar-refractivity contribution in [1.29, 1.82) is 0 Å². The Morgan fingerprint density at radius 2 is 2.07 bits per heavy atom. The third-order valence-corrected chi connectivity index (χ3v) is 2.09. The van der Waals surface area contributed by atoms with Gasteiger partial charge in [0.05, 0.1) is 5.52 Å². The molecule has 0 spiro atoms. The summed E-state index contributed by atoms with van der Waals surface area (Å²) in [4.78, 5) is 8.27. The van der Waals surface area contributed by atoms with Crippen molar-refractivity contribution in [2.45, 2.75) is 6.92 Å². The van der Waals surface area contributed by atoms with Crippen molar-refractivity contribution in [3.63, 3.8) is 0 Å². The molecule has 0 amide bonds. The van der Waals surface area contributed by atoms with Crippen LogP contribution in [0.3, 0.4) is 0 Å². The molecule has 3 nitrogen and oxygen atoms in total. The quantitative estimate of drug-likeness (QED) is 0.770. The van der Waals surface area contributed by atoms with Gasteiger partial charge < -0.3 is 5.32 Å². The maximum Gasteiger partial charge on any atom is 0.224 e. The summed E-state index contributed by atoms with van der Waals surface area (Å²) >= 11 is 5.80. The summed E-state index contributed by atoms with van der Waals surface area (Å²) in [6.07, 6.45) is 0. The largest absolute Gasteiger partial charge is 0.370 e. The second-order valence-electron chi connectivity index (χ2n) is 2.89. The van der Waals surface area contributed by atoms with E-state index in [1.54, 1.807) is 0 Å². The van der Waals surface area contributed by atoms with Gasteiger partial charge in [-0.25, -0.2) is 9.97 Å². The SMILES string of the molecule is CCNc1nc(Cl)nc2ccccc12. The molecule has 0 bridgehead atoms. The normalized spacial score (nSPS) is 10.4. The number of hydrogen-bond donors (Lipinski definition) is 1. The van der Waals surface area contributed by atoms with E-state index in [9.17, 15) is 0 Å². The fourth-order valence-corrected chi connectivity index (χ4v) is 1.53. The molecule has 0 saturated heterocycles. The summed E-state index contributed by atoms with van der Waals surface area (Å²) in [7, 11) is 0. The van der Waals surface area contributed by atoms with E-state index in [2.05, 4.69) is 15.3 Å². The monoisotopic (exact) mass is 207 g/mol. The van der Waals surface area contributed by atoms with Crippen molar-refractivity contribution < 1.29 is 0 Å². The van der Waals surface area contributed by atoms with E-state index in [4.69, 9.17) is 11.6 Å². The summed E-state index contributed by atoms with van der Waals surface area (Å²) < 4.78 is 0. The predicted octanol–water partition coefficient (Wildman–Crippen LogP) is 2.72. The van der Waals surface area contributed by atoms with Crippen LogP contribution >= 0.6 is 11.6 Å². The highest BCUT2D eigenvalue weighted by atomic mass is 35.5. The molecule has 1 heterocycles. The third-order valence-electron chi connectivity index (χ3n) is 1.92. The molecule has 1 aromatic heterocycles. The standard InChI is InChI=1S/C10H10ClN3/c1-2-12-9-7-5-3-4-6-8(7)13-10(11)14-9/h3-6H,2H2,1H3,(H,12,13,14). The van der Waals surface area contributed by atoms with E-state index in [1.807, 2.05) is 31.2 Å². The van der Waals surface area contributed by atoms with Gasteiger partial charge in [-0.15, -0.1) is 0 Å². The molecule has 0 aliphatic carbocycles. The maximum atomic E-state index is 5.80. The van der Waals surface area contributed by atoms with Crippen LogP contribution in [-0.4, -0.2) is 16.5 Å². The molecular weight excluding hydrogens is 198 g/mol. The van der Waals surface area contributed by atoms with Crippen LogP contribution in [0.15, 0.2) is 24.3 Å². The summed E-state index contributed by atoms with van der Waals surface area (Å²) in [6, 6.07) is 7.79. The van der Waals surface area contributed by atoms with Crippen molar-refractivity contribution in [2.24, 2.45) is 0 Å². The molecule has 72 valence electrons. The molecule has 1 N–H and O–H groups in total. The van der Waals surface area contributed by atoms with Crippen LogP contribution < -0.4 is 5.32 Å². The van der Waals surface area contributed by atoms with Crippen LogP contribution in [0.2, 0.25) is 5.28 Å². The first-order chi connectivity index (χ1) is 6.81. The van der Waals surface area contributed by atoms with Crippen molar-refractivity contribution in [2.75, 3.05) is 11.9 Å². The minimum Gasteiger partial charge on any atom is -0.370 e. The number of nitrogens with one attached hydrogen (secondary N) is 1. The molecule has 14 heavy (non-hydrogen) atoms. The summed E-state index contributed by atoms with van der Waals surface area (Å²) in [5, 5.41) is 4.43. The highest BCUT2D eigenvalue weighted by molar-refractivity contribution is 6.28. The van der Waals surface area contributed by atoms with Crippen LogP contribution in [0.4, 0.5) is 5.82 Å². The Labute approximate surface area is 87.1 Å². The molecule has 0 unspecified atom stereocenters. The zero-order valence-electron chi connectivity index (χ0n) is 7.79. The third kappa shape index (κ3) is 1.63. The zero-order valence-corrected chi connectivity index (χ0v) is 8.54. The van der Waals surface area contributed by atoms with E-state index in [1.165, 1.54) is 0 Å². The summed E-state index contributed by atoms with van der Waals surface area (Å²) in [6.45, 7) is 2.84. The minimum absolute atomic E-state index is 0.277. The van der Waals surface area contributed by atoms with Crippen LogP contribution in [-0.2, 0) is 0 Å². The molecule has 2 aromatic rings. The lowest BCUT2D eigenvalue weighted by Crippen LogP contribution is -2.01. The van der Waals surface area contributed by atoms with Crippen molar-refractivity contribution in [3.05, 3.63) is 29.5 Å². The first-order valence-corrected chi connectivity index (χ1v) is 4.85. The fourth-order valence-electron chi connectivity index (χ4n) is 1.35. The van der Waals surface area contributed by atoms with E-state index in [-0.39, 0.29) is 5.28 Å². The Bertz CT molecular complexity index is 456. The molecule has 0 radical (unpaired) electrons. The molecule has 2 rings (SSSR count). The fraction of sp³-hybridized carbons (Fsp3) is 0.200. The highest BCUT2D eigenvalue weighted by Gasteiger charge is 2.03. The first-order valence-electron chi connectivity index (χ1n) is 4.47. The maximum absolute atomic E-state index is 5.80. The lowest BCUT2D eigenvalue weighted by Gasteiger charge is -2.06. The molecule has 0 atom stereocenters. The number of halogens is 1. The van der Waals surface area contributed by atoms with Crippen LogP contribution in [0.1, 0.15) is 6.92 Å². The summed E-state index contributed by atoms with van der Waals surface area (Å²) in [5.41, 5.74) is 0.864. The van der Waals surface area contributed by atoms with Gasteiger partial charge in [0.1, 0.15) is 5.82 Å². The molecule has 0 aliphatic heterocycles. The van der Waals surface area contributed by atoms with Gasteiger partial charge in [0, 0.05) is 11.9 Å². The number of hydrogen-bond acceptors (Lipinski definition) is 3. The van der Waals surface area contributed by atoms with Gasteiger partial charge in [-0.3, -0.25) is 0 Å². The molecule has 4 heteroatoms. The van der Waals surface area contributed by atoms with Gasteiger partial charge in [0.25, 0.3) is 0 Å². The van der Waals surface area contributed by atoms with Crippen molar-refractivity contribution in [3.8, 4) is 0 Å². The number of para-hydroxylation sites is 1. The lowest BCUT2D eigenvalue weighted by atomic mass is 10.2. The Morgan fingerprint density at radius 1 is 1.29 bits per heavy atom. The van der Waals surface area contributed by atoms with E-state index >= 15 is 0 Å². The van der Waals surface area contributed by atoms with Crippen molar-refractivity contribution >= 4 is 28.3 Å². The second kappa shape index (κ2) is 3.80. The van der Waals surface area contributed by atoms with Gasteiger partial charge >= 0.3 is 0 Å². The number of rotatable bonds is 2. The smallest absolute Gasteiger partial charge is 0.224 e. The van der Waals surface area contributed by atoms with Gasteiger partial charge in [-0.1, -0.05) is 12.1 Å². The molecule has 1 aromatic carbocycles. The Morgan fingerprint density at radius 3 is 2.86 bits per heavy atom.